The Morgan fingerprint density at radius 1 is 1.25 bits per heavy atom. The summed E-state index contributed by atoms with van der Waals surface area (Å²) in [6, 6.07) is 1.59. The Balaban J connectivity index is 2.61. The fourth-order valence-electron chi connectivity index (χ4n) is 1.61. The predicted octanol–water partition coefficient (Wildman–Crippen LogP) is 4.50. The number of nitrogen functional groups attached to an aromatic ring is 1. The monoisotopic (exact) mass is 341 g/mol. The fourth-order valence-corrected chi connectivity index (χ4v) is 2.71. The Hall–Kier alpha value is -1.05. The summed E-state index contributed by atoms with van der Waals surface area (Å²) in [6.45, 7) is 0. The zero-order valence-corrected chi connectivity index (χ0v) is 12.3. The molecule has 2 aromatic rings. The maximum absolute atomic E-state index is 12.7. The summed E-state index contributed by atoms with van der Waals surface area (Å²) in [4.78, 5) is 0.678. The van der Waals surface area contributed by atoms with Crippen molar-refractivity contribution in [2.75, 3.05) is 12.0 Å². The normalized spacial score (nSPS) is 11.9. The highest BCUT2D eigenvalue weighted by Crippen LogP contribution is 2.38. The smallest absolute Gasteiger partial charge is 0.383 e. The number of rotatable bonds is 2. The van der Waals surface area contributed by atoms with Crippen LogP contribution >= 0.6 is 35.0 Å². The van der Waals surface area contributed by atoms with E-state index < -0.39 is 11.7 Å². The molecule has 0 aliphatic heterocycles. The van der Waals surface area contributed by atoms with Crippen LogP contribution in [0, 0.1) is 0 Å². The van der Waals surface area contributed by atoms with Crippen molar-refractivity contribution in [1.29, 1.82) is 0 Å². The van der Waals surface area contributed by atoms with Crippen LogP contribution in [-0.2, 0) is 6.18 Å². The second-order valence-electron chi connectivity index (χ2n) is 3.80. The first-order chi connectivity index (χ1) is 9.25. The molecular weight excluding hydrogens is 334 g/mol. The molecule has 1 aromatic heterocycles. The summed E-state index contributed by atoms with van der Waals surface area (Å²) >= 11 is 13.1. The number of aromatic nitrogens is 2. The Morgan fingerprint density at radius 3 is 2.20 bits per heavy atom. The highest BCUT2D eigenvalue weighted by atomic mass is 35.5. The first-order valence-corrected chi connectivity index (χ1v) is 7.18. The van der Waals surface area contributed by atoms with Crippen LogP contribution in [-0.4, -0.2) is 16.0 Å². The number of halogens is 5. The number of thioether (sulfide) groups is 1. The average molecular weight is 342 g/mol. The molecule has 2 N–H and O–H groups in total. The van der Waals surface area contributed by atoms with Crippen LogP contribution in [0.15, 0.2) is 23.2 Å². The van der Waals surface area contributed by atoms with E-state index in [9.17, 15) is 13.2 Å². The van der Waals surface area contributed by atoms with Gasteiger partial charge < -0.3 is 5.73 Å². The molecule has 0 unspecified atom stereocenters. The topological polar surface area (TPSA) is 43.8 Å². The minimum Gasteiger partial charge on any atom is -0.383 e. The Kier molecular flexibility index (Phi) is 4.13. The summed E-state index contributed by atoms with van der Waals surface area (Å²) in [5.41, 5.74) is 5.05. The molecule has 0 saturated carbocycles. The van der Waals surface area contributed by atoms with E-state index in [4.69, 9.17) is 28.9 Å². The van der Waals surface area contributed by atoms with E-state index in [1.807, 2.05) is 0 Å². The molecule has 0 radical (unpaired) electrons. The van der Waals surface area contributed by atoms with Gasteiger partial charge in [0.15, 0.2) is 0 Å². The highest BCUT2D eigenvalue weighted by molar-refractivity contribution is 7.98. The van der Waals surface area contributed by atoms with Crippen molar-refractivity contribution < 1.29 is 13.2 Å². The van der Waals surface area contributed by atoms with E-state index in [0.717, 1.165) is 12.1 Å². The second kappa shape index (κ2) is 5.38. The third-order valence-corrected chi connectivity index (χ3v) is 3.88. The fraction of sp³-hybridized carbons (Fsp3) is 0.182. The van der Waals surface area contributed by atoms with Crippen molar-refractivity contribution in [2.24, 2.45) is 0 Å². The SMILES string of the molecule is CSc1cnn(-c2c(Cl)cc(C(F)(F)F)cc2Cl)c1N. The van der Waals surface area contributed by atoms with Gasteiger partial charge >= 0.3 is 6.18 Å². The molecule has 3 nitrogen and oxygen atoms in total. The quantitative estimate of drug-likeness (QED) is 0.817. The third-order valence-electron chi connectivity index (χ3n) is 2.55. The molecule has 0 atom stereocenters. The Labute approximate surface area is 126 Å². The van der Waals surface area contributed by atoms with Gasteiger partial charge in [0.25, 0.3) is 0 Å². The first kappa shape index (κ1) is 15.3. The van der Waals surface area contributed by atoms with Crippen LogP contribution in [0.4, 0.5) is 19.0 Å². The molecule has 0 fully saturated rings. The van der Waals surface area contributed by atoms with Gasteiger partial charge in [0, 0.05) is 0 Å². The summed E-state index contributed by atoms with van der Waals surface area (Å²) < 4.78 is 39.2. The van der Waals surface area contributed by atoms with Gasteiger partial charge in [-0.2, -0.15) is 18.3 Å². The van der Waals surface area contributed by atoms with Crippen molar-refractivity contribution in [3.05, 3.63) is 33.9 Å². The molecule has 1 heterocycles. The third kappa shape index (κ3) is 2.70. The number of hydrogen-bond donors (Lipinski definition) is 1. The number of alkyl halides is 3. The van der Waals surface area contributed by atoms with Gasteiger partial charge in [-0.1, -0.05) is 23.2 Å². The van der Waals surface area contributed by atoms with Crippen LogP contribution in [0.3, 0.4) is 0 Å². The standard InChI is InChI=1S/C11H8Cl2F3N3S/c1-20-8-4-18-19(10(8)17)9-6(12)2-5(3-7(9)13)11(14,15)16/h2-4H,17H2,1H3. The predicted molar refractivity (Wildman–Crippen MR) is 74.8 cm³/mol. The van der Waals surface area contributed by atoms with Crippen LogP contribution in [0.5, 0.6) is 0 Å². The average Bonchev–Trinajstić information content (AvgIpc) is 2.69. The molecule has 0 aliphatic rings. The molecule has 9 heteroatoms. The van der Waals surface area contributed by atoms with Crippen molar-refractivity contribution in [3.8, 4) is 5.69 Å². The van der Waals surface area contributed by atoms with E-state index in [1.165, 1.54) is 22.6 Å². The lowest BCUT2D eigenvalue weighted by molar-refractivity contribution is -0.137. The zero-order valence-electron chi connectivity index (χ0n) is 10.0. The van der Waals surface area contributed by atoms with Crippen LogP contribution in [0.2, 0.25) is 10.0 Å². The molecule has 0 aliphatic carbocycles. The number of benzene rings is 1. The number of anilines is 1. The zero-order chi connectivity index (χ0) is 15.1. The number of nitrogens with two attached hydrogens (primary N) is 1. The Morgan fingerprint density at radius 2 is 1.80 bits per heavy atom. The van der Waals surface area contributed by atoms with Crippen molar-refractivity contribution in [3.63, 3.8) is 0 Å². The maximum atomic E-state index is 12.7. The largest absolute Gasteiger partial charge is 0.416 e. The molecule has 0 saturated heterocycles. The molecular formula is C11H8Cl2F3N3S. The molecule has 2 rings (SSSR count). The van der Waals surface area contributed by atoms with Crippen LogP contribution < -0.4 is 5.73 Å². The molecule has 0 spiro atoms. The van der Waals surface area contributed by atoms with Crippen LogP contribution in [0.25, 0.3) is 5.69 Å². The lowest BCUT2D eigenvalue weighted by atomic mass is 10.2. The highest BCUT2D eigenvalue weighted by Gasteiger charge is 2.32. The second-order valence-corrected chi connectivity index (χ2v) is 5.46. The number of nitrogens with zero attached hydrogens (tertiary/aromatic N) is 2. The summed E-state index contributed by atoms with van der Waals surface area (Å²) in [6.07, 6.45) is -1.23. The lowest BCUT2D eigenvalue weighted by Gasteiger charge is -2.13. The summed E-state index contributed by atoms with van der Waals surface area (Å²) in [5, 5.41) is 3.64. The molecule has 108 valence electrons. The molecule has 0 bridgehead atoms. The Bertz CT molecular complexity index is 632. The molecule has 0 amide bonds. The van der Waals surface area contributed by atoms with Gasteiger partial charge in [-0.3, -0.25) is 0 Å². The van der Waals surface area contributed by atoms with E-state index in [0.29, 0.717) is 4.90 Å². The summed E-state index contributed by atoms with van der Waals surface area (Å²) in [7, 11) is 0. The van der Waals surface area contributed by atoms with E-state index >= 15 is 0 Å². The van der Waals surface area contributed by atoms with Gasteiger partial charge in [-0.05, 0) is 18.4 Å². The van der Waals surface area contributed by atoms with E-state index in [1.54, 1.807) is 6.26 Å². The minimum atomic E-state index is -4.52. The lowest BCUT2D eigenvalue weighted by Crippen LogP contribution is -2.08. The van der Waals surface area contributed by atoms with Gasteiger partial charge in [0.2, 0.25) is 0 Å². The maximum Gasteiger partial charge on any atom is 0.416 e. The van der Waals surface area contributed by atoms with Crippen molar-refractivity contribution in [1.82, 2.24) is 9.78 Å². The minimum absolute atomic E-state index is 0.124. The van der Waals surface area contributed by atoms with Crippen LogP contribution in [0.1, 0.15) is 5.56 Å². The van der Waals surface area contributed by atoms with Crippen molar-refractivity contribution >= 4 is 40.8 Å². The summed E-state index contributed by atoms with van der Waals surface area (Å²) in [5.74, 6) is 0.265. The number of hydrogen-bond acceptors (Lipinski definition) is 3. The van der Waals surface area contributed by atoms with Gasteiger partial charge in [-0.25, -0.2) is 4.68 Å². The van der Waals surface area contributed by atoms with Gasteiger partial charge in [-0.15, -0.1) is 11.8 Å². The van der Waals surface area contributed by atoms with E-state index in [2.05, 4.69) is 5.10 Å². The molecule has 1 aromatic carbocycles. The van der Waals surface area contributed by atoms with E-state index in [-0.39, 0.29) is 21.6 Å². The van der Waals surface area contributed by atoms with Gasteiger partial charge in [0.1, 0.15) is 11.5 Å². The van der Waals surface area contributed by atoms with Gasteiger partial charge in [0.05, 0.1) is 26.7 Å². The molecule has 20 heavy (non-hydrogen) atoms. The first-order valence-electron chi connectivity index (χ1n) is 5.19. The van der Waals surface area contributed by atoms with Crippen molar-refractivity contribution in [2.45, 2.75) is 11.1 Å².